The summed E-state index contributed by atoms with van der Waals surface area (Å²) in [6.45, 7) is 4.29. The van der Waals surface area contributed by atoms with Gasteiger partial charge in [-0.2, -0.15) is 0 Å². The Balaban J connectivity index is 2.42. The smallest absolute Gasteiger partial charge is 0.126 e. The lowest BCUT2D eigenvalue weighted by Crippen LogP contribution is -2.25. The fourth-order valence-corrected chi connectivity index (χ4v) is 3.96. The van der Waals surface area contributed by atoms with Gasteiger partial charge in [-0.25, -0.2) is 0 Å². The molecule has 1 aromatic heterocycles. The van der Waals surface area contributed by atoms with E-state index in [0.29, 0.717) is 0 Å². The molecule has 0 bridgehead atoms. The Morgan fingerprint density at radius 1 is 1.38 bits per heavy atom. The van der Waals surface area contributed by atoms with E-state index in [4.69, 9.17) is 11.1 Å². The van der Waals surface area contributed by atoms with Crippen molar-refractivity contribution in [3.05, 3.63) is 46.2 Å². The third-order valence-corrected chi connectivity index (χ3v) is 5.47. The SMILES string of the molecule is CCSc1cccc(N(C)C(C)c2cccs2)c1C(=N)N. The van der Waals surface area contributed by atoms with E-state index >= 15 is 0 Å². The molecule has 0 aliphatic carbocycles. The van der Waals surface area contributed by atoms with E-state index in [9.17, 15) is 0 Å². The molecule has 21 heavy (non-hydrogen) atoms. The maximum Gasteiger partial charge on any atom is 0.126 e. The summed E-state index contributed by atoms with van der Waals surface area (Å²) in [6, 6.07) is 10.6. The Morgan fingerprint density at radius 3 is 2.71 bits per heavy atom. The lowest BCUT2D eigenvalue weighted by Gasteiger charge is -2.29. The standard InChI is InChI=1S/C16H21N3S2/c1-4-20-14-8-5-7-12(15(14)16(17)18)19(3)11(2)13-9-6-10-21-13/h5-11H,4H2,1-3H3,(H3,17,18). The normalized spacial score (nSPS) is 12.1. The second kappa shape index (κ2) is 7.00. The van der Waals surface area contributed by atoms with Crippen LogP contribution in [-0.2, 0) is 0 Å². The molecule has 1 aromatic carbocycles. The molecule has 0 radical (unpaired) electrons. The Bertz CT molecular complexity index is 608. The minimum absolute atomic E-state index is 0.131. The summed E-state index contributed by atoms with van der Waals surface area (Å²) in [7, 11) is 2.06. The number of nitrogens with zero attached hydrogens (tertiary/aromatic N) is 1. The second-order valence-electron chi connectivity index (χ2n) is 4.80. The van der Waals surface area contributed by atoms with Gasteiger partial charge in [0, 0.05) is 22.5 Å². The molecule has 1 atom stereocenters. The fraction of sp³-hybridized carbons (Fsp3) is 0.312. The van der Waals surface area contributed by atoms with Crippen LogP contribution in [0.5, 0.6) is 0 Å². The van der Waals surface area contributed by atoms with E-state index in [2.05, 4.69) is 43.3 Å². The summed E-state index contributed by atoms with van der Waals surface area (Å²) in [5.74, 6) is 1.10. The van der Waals surface area contributed by atoms with Gasteiger partial charge in [-0.3, -0.25) is 5.41 Å². The molecular formula is C16H21N3S2. The van der Waals surface area contributed by atoms with Crippen LogP contribution in [0, 0.1) is 5.41 Å². The Hall–Kier alpha value is -1.46. The number of thiophene rings is 1. The van der Waals surface area contributed by atoms with Gasteiger partial charge < -0.3 is 10.6 Å². The van der Waals surface area contributed by atoms with Crippen molar-refractivity contribution >= 4 is 34.6 Å². The highest BCUT2D eigenvalue weighted by molar-refractivity contribution is 7.99. The summed E-state index contributed by atoms with van der Waals surface area (Å²) >= 11 is 3.48. The van der Waals surface area contributed by atoms with Crippen LogP contribution >= 0.6 is 23.1 Å². The molecule has 0 fully saturated rings. The van der Waals surface area contributed by atoms with Crippen molar-refractivity contribution in [2.75, 3.05) is 17.7 Å². The van der Waals surface area contributed by atoms with Crippen molar-refractivity contribution in [2.24, 2.45) is 5.73 Å². The zero-order chi connectivity index (χ0) is 15.4. The van der Waals surface area contributed by atoms with Crippen LogP contribution in [0.4, 0.5) is 5.69 Å². The molecule has 0 saturated carbocycles. The number of rotatable bonds is 6. The zero-order valence-electron chi connectivity index (χ0n) is 12.6. The van der Waals surface area contributed by atoms with Gasteiger partial charge in [0.05, 0.1) is 11.6 Å². The third kappa shape index (κ3) is 3.41. The fourth-order valence-electron chi connectivity index (χ4n) is 2.29. The number of anilines is 1. The second-order valence-corrected chi connectivity index (χ2v) is 7.08. The number of amidine groups is 1. The quantitative estimate of drug-likeness (QED) is 0.473. The van der Waals surface area contributed by atoms with Crippen LogP contribution in [0.1, 0.15) is 30.3 Å². The van der Waals surface area contributed by atoms with Crippen LogP contribution < -0.4 is 10.6 Å². The Kier molecular flexibility index (Phi) is 5.31. The Labute approximate surface area is 134 Å². The molecule has 1 heterocycles. The molecule has 112 valence electrons. The summed E-state index contributed by atoms with van der Waals surface area (Å²) in [5, 5.41) is 10.0. The van der Waals surface area contributed by atoms with E-state index in [1.165, 1.54) is 4.88 Å². The van der Waals surface area contributed by atoms with Crippen molar-refractivity contribution in [2.45, 2.75) is 24.8 Å². The number of nitrogen functional groups attached to an aromatic ring is 1. The van der Waals surface area contributed by atoms with Gasteiger partial charge in [-0.15, -0.1) is 23.1 Å². The largest absolute Gasteiger partial charge is 0.384 e. The number of hydrogen-bond acceptors (Lipinski definition) is 4. The minimum Gasteiger partial charge on any atom is -0.384 e. The van der Waals surface area contributed by atoms with Gasteiger partial charge in [-0.05, 0) is 36.3 Å². The Morgan fingerprint density at radius 2 is 2.14 bits per heavy atom. The van der Waals surface area contributed by atoms with Gasteiger partial charge >= 0.3 is 0 Å². The predicted octanol–water partition coefficient (Wildman–Crippen LogP) is 4.34. The minimum atomic E-state index is 0.131. The van der Waals surface area contributed by atoms with Crippen LogP contribution in [0.2, 0.25) is 0 Å². The van der Waals surface area contributed by atoms with Crippen LogP contribution in [0.15, 0.2) is 40.6 Å². The van der Waals surface area contributed by atoms with E-state index < -0.39 is 0 Å². The summed E-state index contributed by atoms with van der Waals surface area (Å²) in [5.41, 5.74) is 7.71. The number of hydrogen-bond donors (Lipinski definition) is 2. The van der Waals surface area contributed by atoms with Gasteiger partial charge in [0.15, 0.2) is 0 Å². The van der Waals surface area contributed by atoms with Crippen LogP contribution in [0.25, 0.3) is 0 Å². The third-order valence-electron chi connectivity index (χ3n) is 3.49. The highest BCUT2D eigenvalue weighted by atomic mass is 32.2. The molecule has 0 aliphatic heterocycles. The van der Waals surface area contributed by atoms with Gasteiger partial charge in [-0.1, -0.05) is 19.1 Å². The van der Waals surface area contributed by atoms with E-state index in [0.717, 1.165) is 21.9 Å². The average Bonchev–Trinajstić information content (AvgIpc) is 2.99. The molecule has 2 rings (SSSR count). The monoisotopic (exact) mass is 319 g/mol. The van der Waals surface area contributed by atoms with Crippen molar-refractivity contribution < 1.29 is 0 Å². The molecule has 0 spiro atoms. The molecule has 1 unspecified atom stereocenters. The average molecular weight is 319 g/mol. The molecule has 0 saturated heterocycles. The van der Waals surface area contributed by atoms with Crippen molar-refractivity contribution in [1.82, 2.24) is 0 Å². The molecule has 0 aliphatic rings. The van der Waals surface area contributed by atoms with E-state index in [-0.39, 0.29) is 11.9 Å². The maximum absolute atomic E-state index is 7.94. The van der Waals surface area contributed by atoms with E-state index in [1.807, 2.05) is 18.2 Å². The lowest BCUT2D eigenvalue weighted by atomic mass is 10.1. The molecule has 5 heteroatoms. The number of thioether (sulfide) groups is 1. The highest BCUT2D eigenvalue weighted by Crippen LogP contribution is 2.34. The first kappa shape index (κ1) is 15.9. The molecular weight excluding hydrogens is 298 g/mol. The van der Waals surface area contributed by atoms with Gasteiger partial charge in [0.2, 0.25) is 0 Å². The van der Waals surface area contributed by atoms with Crippen molar-refractivity contribution in [1.29, 1.82) is 5.41 Å². The van der Waals surface area contributed by atoms with Crippen LogP contribution in [0.3, 0.4) is 0 Å². The zero-order valence-corrected chi connectivity index (χ0v) is 14.2. The van der Waals surface area contributed by atoms with Crippen molar-refractivity contribution in [3.8, 4) is 0 Å². The van der Waals surface area contributed by atoms with Crippen molar-refractivity contribution in [3.63, 3.8) is 0 Å². The molecule has 3 N–H and O–H groups in total. The summed E-state index contributed by atoms with van der Waals surface area (Å²) in [4.78, 5) is 4.58. The predicted molar refractivity (Wildman–Crippen MR) is 95.0 cm³/mol. The van der Waals surface area contributed by atoms with Crippen LogP contribution in [-0.4, -0.2) is 18.6 Å². The molecule has 2 aromatic rings. The molecule has 3 nitrogen and oxygen atoms in total. The lowest BCUT2D eigenvalue weighted by molar-refractivity contribution is 0.752. The van der Waals surface area contributed by atoms with E-state index in [1.54, 1.807) is 23.1 Å². The molecule has 0 amide bonds. The summed E-state index contributed by atoms with van der Waals surface area (Å²) in [6.07, 6.45) is 0. The first-order valence-corrected chi connectivity index (χ1v) is 8.79. The maximum atomic E-state index is 7.94. The first-order valence-electron chi connectivity index (χ1n) is 6.92. The number of nitrogens with two attached hydrogens (primary N) is 1. The topological polar surface area (TPSA) is 53.1 Å². The first-order chi connectivity index (χ1) is 10.1. The van der Waals surface area contributed by atoms with Gasteiger partial charge in [0.25, 0.3) is 0 Å². The number of nitrogens with one attached hydrogen (secondary N) is 1. The summed E-state index contributed by atoms with van der Waals surface area (Å²) < 4.78 is 0. The number of benzene rings is 1. The van der Waals surface area contributed by atoms with Gasteiger partial charge in [0.1, 0.15) is 5.84 Å². The highest BCUT2D eigenvalue weighted by Gasteiger charge is 2.19.